The predicted molar refractivity (Wildman–Crippen MR) is 68.2 cm³/mol. The molecule has 0 aliphatic heterocycles. The highest BCUT2D eigenvalue weighted by Crippen LogP contribution is 2.29. The summed E-state index contributed by atoms with van der Waals surface area (Å²) in [5, 5.41) is 8.84. The largest absolute Gasteiger partial charge is 0.496 e. The third kappa shape index (κ3) is 2.28. The highest BCUT2D eigenvalue weighted by atomic mass is 35.5. The second kappa shape index (κ2) is 5.06. The molecular weight excluding hydrogens is 254 g/mol. The van der Waals surface area contributed by atoms with Gasteiger partial charge in [0.15, 0.2) is 0 Å². The third-order valence-corrected chi connectivity index (χ3v) is 2.75. The number of rotatable bonds is 3. The van der Waals surface area contributed by atoms with Crippen LogP contribution in [0, 0.1) is 0 Å². The number of carboxylic acid groups (broad SMARTS) is 1. The van der Waals surface area contributed by atoms with E-state index in [1.54, 1.807) is 19.2 Å². The molecular formula is C13H10ClNO3. The number of para-hydroxylation sites is 1. The zero-order valence-electron chi connectivity index (χ0n) is 9.55. The molecule has 0 fully saturated rings. The van der Waals surface area contributed by atoms with Crippen molar-refractivity contribution in [2.45, 2.75) is 0 Å². The maximum Gasteiger partial charge on any atom is 0.338 e. The van der Waals surface area contributed by atoms with Crippen molar-refractivity contribution in [1.82, 2.24) is 4.98 Å². The van der Waals surface area contributed by atoms with Crippen molar-refractivity contribution in [3.05, 3.63) is 47.1 Å². The highest BCUT2D eigenvalue weighted by Gasteiger charge is 2.13. The molecule has 1 aromatic carbocycles. The SMILES string of the molecule is COc1ccccc1-c1ccc(C(=O)O)c(Cl)n1. The van der Waals surface area contributed by atoms with Crippen molar-refractivity contribution in [2.24, 2.45) is 0 Å². The van der Waals surface area contributed by atoms with Gasteiger partial charge in [0, 0.05) is 5.56 Å². The molecule has 1 aromatic heterocycles. The van der Waals surface area contributed by atoms with Crippen LogP contribution in [0.4, 0.5) is 0 Å². The highest BCUT2D eigenvalue weighted by molar-refractivity contribution is 6.32. The lowest BCUT2D eigenvalue weighted by Gasteiger charge is -2.08. The Kier molecular flexibility index (Phi) is 3.48. The Labute approximate surface area is 109 Å². The van der Waals surface area contributed by atoms with Gasteiger partial charge in [0.25, 0.3) is 0 Å². The number of halogens is 1. The van der Waals surface area contributed by atoms with E-state index in [0.717, 1.165) is 5.56 Å². The van der Waals surface area contributed by atoms with E-state index < -0.39 is 5.97 Å². The lowest BCUT2D eigenvalue weighted by Crippen LogP contribution is -2.00. The molecule has 0 amide bonds. The average molecular weight is 264 g/mol. The second-order valence-electron chi connectivity index (χ2n) is 3.54. The number of ether oxygens (including phenoxy) is 1. The summed E-state index contributed by atoms with van der Waals surface area (Å²) in [6, 6.07) is 10.4. The molecule has 2 rings (SSSR count). The Morgan fingerprint density at radius 2 is 2.00 bits per heavy atom. The van der Waals surface area contributed by atoms with Crippen molar-refractivity contribution in [1.29, 1.82) is 0 Å². The minimum Gasteiger partial charge on any atom is -0.496 e. The molecule has 5 heteroatoms. The normalized spacial score (nSPS) is 10.1. The minimum absolute atomic E-state index is 0.0182. The summed E-state index contributed by atoms with van der Waals surface area (Å²) in [5.74, 6) is -0.441. The smallest absolute Gasteiger partial charge is 0.338 e. The van der Waals surface area contributed by atoms with Crippen LogP contribution >= 0.6 is 11.6 Å². The van der Waals surface area contributed by atoms with Gasteiger partial charge in [-0.1, -0.05) is 23.7 Å². The van der Waals surface area contributed by atoms with Gasteiger partial charge in [0.1, 0.15) is 10.9 Å². The molecule has 0 aliphatic carbocycles. The lowest BCUT2D eigenvalue weighted by molar-refractivity contribution is 0.0696. The zero-order chi connectivity index (χ0) is 13.1. The first-order chi connectivity index (χ1) is 8.63. The number of pyridine rings is 1. The number of nitrogens with zero attached hydrogens (tertiary/aromatic N) is 1. The van der Waals surface area contributed by atoms with Gasteiger partial charge >= 0.3 is 5.97 Å². The van der Waals surface area contributed by atoms with Gasteiger partial charge < -0.3 is 9.84 Å². The third-order valence-electron chi connectivity index (χ3n) is 2.46. The molecule has 0 radical (unpaired) electrons. The monoisotopic (exact) mass is 263 g/mol. The Balaban J connectivity index is 2.52. The van der Waals surface area contributed by atoms with Crippen LogP contribution in [-0.2, 0) is 0 Å². The summed E-state index contributed by atoms with van der Waals surface area (Å²) in [6.07, 6.45) is 0. The van der Waals surface area contributed by atoms with Gasteiger partial charge in [-0.3, -0.25) is 0 Å². The average Bonchev–Trinajstić information content (AvgIpc) is 2.38. The number of carbonyl (C=O) groups is 1. The topological polar surface area (TPSA) is 59.4 Å². The van der Waals surface area contributed by atoms with Crippen LogP contribution in [0.3, 0.4) is 0 Å². The van der Waals surface area contributed by atoms with E-state index in [0.29, 0.717) is 11.4 Å². The van der Waals surface area contributed by atoms with E-state index in [4.69, 9.17) is 21.4 Å². The number of benzene rings is 1. The van der Waals surface area contributed by atoms with Crippen LogP contribution in [0.25, 0.3) is 11.3 Å². The fourth-order valence-electron chi connectivity index (χ4n) is 1.60. The van der Waals surface area contributed by atoms with Gasteiger partial charge in [-0.25, -0.2) is 9.78 Å². The summed E-state index contributed by atoms with van der Waals surface area (Å²) in [4.78, 5) is 14.9. The van der Waals surface area contributed by atoms with Crippen LogP contribution in [0.15, 0.2) is 36.4 Å². The Morgan fingerprint density at radius 1 is 1.28 bits per heavy atom. The Bertz CT molecular complexity index is 599. The maximum absolute atomic E-state index is 10.8. The maximum atomic E-state index is 10.8. The fourth-order valence-corrected chi connectivity index (χ4v) is 1.83. The molecule has 0 unspecified atom stereocenters. The van der Waals surface area contributed by atoms with Crippen molar-refractivity contribution < 1.29 is 14.6 Å². The number of hydrogen-bond acceptors (Lipinski definition) is 3. The first-order valence-electron chi connectivity index (χ1n) is 5.16. The number of methoxy groups -OCH3 is 1. The van der Waals surface area contributed by atoms with Crippen molar-refractivity contribution in [2.75, 3.05) is 7.11 Å². The summed E-state index contributed by atoms with van der Waals surface area (Å²) in [7, 11) is 1.56. The minimum atomic E-state index is -1.10. The van der Waals surface area contributed by atoms with Crippen molar-refractivity contribution in [3.63, 3.8) is 0 Å². The molecule has 0 bridgehead atoms. The van der Waals surface area contributed by atoms with E-state index in [1.165, 1.54) is 6.07 Å². The summed E-state index contributed by atoms with van der Waals surface area (Å²) < 4.78 is 5.22. The van der Waals surface area contributed by atoms with Gasteiger partial charge in [0.05, 0.1) is 18.4 Å². The number of aromatic carboxylic acids is 1. The number of hydrogen-bond donors (Lipinski definition) is 1. The van der Waals surface area contributed by atoms with E-state index in [1.807, 2.05) is 18.2 Å². The lowest BCUT2D eigenvalue weighted by atomic mass is 10.1. The van der Waals surface area contributed by atoms with Gasteiger partial charge in [-0.15, -0.1) is 0 Å². The van der Waals surface area contributed by atoms with Crippen LogP contribution in [-0.4, -0.2) is 23.2 Å². The standard InChI is InChI=1S/C13H10ClNO3/c1-18-11-5-3-2-4-8(11)10-7-6-9(13(16)17)12(14)15-10/h2-7H,1H3,(H,16,17). The summed E-state index contributed by atoms with van der Waals surface area (Å²) >= 11 is 5.84. The first kappa shape index (κ1) is 12.4. The van der Waals surface area contributed by atoms with Crippen LogP contribution in [0.1, 0.15) is 10.4 Å². The predicted octanol–water partition coefficient (Wildman–Crippen LogP) is 3.11. The molecule has 0 spiro atoms. The number of aromatic nitrogens is 1. The summed E-state index contributed by atoms with van der Waals surface area (Å²) in [5.41, 5.74) is 1.32. The molecule has 0 atom stereocenters. The van der Waals surface area contributed by atoms with Gasteiger partial charge in [0.2, 0.25) is 0 Å². The second-order valence-corrected chi connectivity index (χ2v) is 3.90. The molecule has 1 heterocycles. The van der Waals surface area contributed by atoms with E-state index in [9.17, 15) is 4.79 Å². The van der Waals surface area contributed by atoms with E-state index in [2.05, 4.69) is 4.98 Å². The molecule has 0 aliphatic rings. The first-order valence-corrected chi connectivity index (χ1v) is 5.54. The van der Waals surface area contributed by atoms with Crippen LogP contribution < -0.4 is 4.74 Å². The molecule has 18 heavy (non-hydrogen) atoms. The van der Waals surface area contributed by atoms with E-state index in [-0.39, 0.29) is 10.7 Å². The van der Waals surface area contributed by atoms with E-state index >= 15 is 0 Å². The van der Waals surface area contributed by atoms with Crippen molar-refractivity contribution in [3.8, 4) is 17.0 Å². The molecule has 1 N–H and O–H groups in total. The Hall–Kier alpha value is -2.07. The van der Waals surface area contributed by atoms with Crippen LogP contribution in [0.5, 0.6) is 5.75 Å². The molecule has 0 saturated heterocycles. The number of carboxylic acids is 1. The Morgan fingerprint density at radius 3 is 2.61 bits per heavy atom. The molecule has 0 saturated carbocycles. The molecule has 92 valence electrons. The summed E-state index contributed by atoms with van der Waals surface area (Å²) in [6.45, 7) is 0. The molecule has 2 aromatic rings. The quantitative estimate of drug-likeness (QED) is 0.865. The van der Waals surface area contributed by atoms with Gasteiger partial charge in [-0.05, 0) is 24.3 Å². The van der Waals surface area contributed by atoms with Crippen molar-refractivity contribution >= 4 is 17.6 Å². The van der Waals surface area contributed by atoms with Crippen LogP contribution in [0.2, 0.25) is 5.15 Å². The molecule has 4 nitrogen and oxygen atoms in total. The fraction of sp³-hybridized carbons (Fsp3) is 0.0769. The van der Waals surface area contributed by atoms with Gasteiger partial charge in [-0.2, -0.15) is 0 Å². The zero-order valence-corrected chi connectivity index (χ0v) is 10.3.